The summed E-state index contributed by atoms with van der Waals surface area (Å²) in [6, 6.07) is 17.2. The van der Waals surface area contributed by atoms with Gasteiger partial charge < -0.3 is 13.6 Å². The Bertz CT molecular complexity index is 1970. The summed E-state index contributed by atoms with van der Waals surface area (Å²) in [5.74, 6) is -3.57. The molecule has 0 bridgehead atoms. The molecular weight excluding hydrogens is 621 g/mol. The number of nitrogens with zero attached hydrogens (tertiary/aromatic N) is 3. The van der Waals surface area contributed by atoms with Crippen LogP contribution < -0.4 is 10.2 Å². The van der Waals surface area contributed by atoms with Gasteiger partial charge in [0.05, 0.1) is 29.3 Å². The first-order valence-corrected chi connectivity index (χ1v) is 15.5. The molecule has 13 nitrogen and oxygen atoms in total. The zero-order valence-corrected chi connectivity index (χ0v) is 25.2. The quantitative estimate of drug-likeness (QED) is 0.172. The Kier molecular flexibility index (Phi) is 7.70. The second-order valence-electron chi connectivity index (χ2n) is 9.57. The molecule has 0 fully saturated rings. The normalized spacial score (nSPS) is 15.6. The van der Waals surface area contributed by atoms with E-state index in [-0.39, 0.29) is 39.2 Å². The largest absolute Gasteiger partial charge is 0.459 e. The Hall–Kier alpha value is -5.67. The maximum Gasteiger partial charge on any atom is 0.309 e. The van der Waals surface area contributed by atoms with Crippen molar-refractivity contribution in [2.75, 3.05) is 12.5 Å². The third-order valence-electron chi connectivity index (χ3n) is 6.84. The Balaban J connectivity index is 1.39. The van der Waals surface area contributed by atoms with Crippen molar-refractivity contribution in [1.82, 2.24) is 9.80 Å². The van der Waals surface area contributed by atoms with Crippen molar-refractivity contribution in [3.05, 3.63) is 96.1 Å². The number of hydrogen-bond acceptors (Lipinski definition) is 12. The number of nitrogens with one attached hydrogen (secondary N) is 1. The van der Waals surface area contributed by atoms with Gasteiger partial charge >= 0.3 is 11.5 Å². The lowest BCUT2D eigenvalue weighted by molar-refractivity contribution is -0.120. The van der Waals surface area contributed by atoms with E-state index in [0.717, 1.165) is 16.7 Å². The molecule has 15 heteroatoms. The van der Waals surface area contributed by atoms with Gasteiger partial charge in [-0.25, -0.2) is 4.90 Å². The predicted octanol–water partition coefficient (Wildman–Crippen LogP) is 4.45. The summed E-state index contributed by atoms with van der Waals surface area (Å²) in [6.07, 6.45) is 2.68. The van der Waals surface area contributed by atoms with E-state index in [1.807, 2.05) is 0 Å². The van der Waals surface area contributed by atoms with E-state index < -0.39 is 43.2 Å². The Morgan fingerprint density at radius 1 is 0.867 bits per heavy atom. The van der Waals surface area contributed by atoms with Crippen LogP contribution in [0.4, 0.5) is 15.3 Å². The molecule has 2 aromatic heterocycles. The highest BCUT2D eigenvalue weighted by Crippen LogP contribution is 2.40. The van der Waals surface area contributed by atoms with E-state index in [0.29, 0.717) is 14.9 Å². The van der Waals surface area contributed by atoms with Crippen molar-refractivity contribution >= 4 is 71.5 Å². The van der Waals surface area contributed by atoms with Gasteiger partial charge in [-0.05, 0) is 60.6 Å². The molecule has 4 aromatic rings. The lowest BCUT2D eigenvalue weighted by Crippen LogP contribution is -2.56. The predicted molar refractivity (Wildman–Crippen MR) is 161 cm³/mol. The van der Waals surface area contributed by atoms with Crippen LogP contribution in [-0.2, 0) is 4.79 Å². The van der Waals surface area contributed by atoms with Gasteiger partial charge in [0.1, 0.15) is 11.5 Å². The number of carbonyl (C=O) groups excluding carboxylic acids is 6. The summed E-state index contributed by atoms with van der Waals surface area (Å²) >= 11 is 1.06. The lowest BCUT2D eigenvalue weighted by atomic mass is 10.1. The number of carbonyl (C=O) groups is 6. The van der Waals surface area contributed by atoms with Gasteiger partial charge in [-0.2, -0.15) is 5.10 Å². The van der Waals surface area contributed by atoms with Crippen molar-refractivity contribution in [3.8, 4) is 5.75 Å². The van der Waals surface area contributed by atoms with Gasteiger partial charge in [-0.3, -0.25) is 39.1 Å². The number of imide groups is 4. The van der Waals surface area contributed by atoms with Crippen molar-refractivity contribution in [1.29, 1.82) is 0 Å². The molecule has 2 aliphatic heterocycles. The number of ether oxygens (including phenoxy) is 1. The molecule has 0 radical (unpaired) electrons. The van der Waals surface area contributed by atoms with Gasteiger partial charge in [0.15, 0.2) is 10.9 Å². The first-order valence-electron chi connectivity index (χ1n) is 13.2. The zero-order chi connectivity index (χ0) is 31.8. The number of fused-ring (bicyclic) bond motifs is 1. The first kappa shape index (κ1) is 29.4. The van der Waals surface area contributed by atoms with Crippen LogP contribution in [0, 0.1) is 0 Å². The smallest absolute Gasteiger partial charge is 0.309 e. The molecule has 5 amide bonds. The fourth-order valence-corrected chi connectivity index (χ4v) is 7.38. The topological polar surface area (TPSA) is 169 Å². The van der Waals surface area contributed by atoms with Crippen molar-refractivity contribution in [2.45, 2.75) is 16.9 Å². The number of hydrazone groups is 1. The second-order valence-corrected chi connectivity index (χ2v) is 12.9. The van der Waals surface area contributed by atoms with Gasteiger partial charge in [0.2, 0.25) is 5.53 Å². The number of rotatable bonds is 7. The monoisotopic (exact) mass is 640 g/mol. The zero-order valence-electron chi connectivity index (χ0n) is 23.4. The van der Waals surface area contributed by atoms with Crippen LogP contribution in [0.15, 0.2) is 103 Å². The number of hydrogen-bond donors (Lipinski definition) is 1. The number of anilines is 1. The summed E-state index contributed by atoms with van der Waals surface area (Å²) in [7, 11) is -1.54. The van der Waals surface area contributed by atoms with Crippen LogP contribution in [-0.4, -0.2) is 70.9 Å². The van der Waals surface area contributed by atoms with Crippen LogP contribution >= 0.6 is 11.8 Å². The Morgan fingerprint density at radius 2 is 1.58 bits per heavy atom. The molecule has 0 unspecified atom stereocenters. The maximum absolute atomic E-state index is 13.6. The van der Waals surface area contributed by atoms with Gasteiger partial charge in [0.25, 0.3) is 26.1 Å². The average molecular weight is 641 g/mol. The summed E-state index contributed by atoms with van der Waals surface area (Å²) < 4.78 is 15.9. The van der Waals surface area contributed by atoms with E-state index in [1.165, 1.54) is 50.8 Å². The van der Waals surface area contributed by atoms with Crippen molar-refractivity contribution in [3.63, 3.8) is 0 Å². The number of furan rings is 2. The van der Waals surface area contributed by atoms with Crippen molar-refractivity contribution < 1.29 is 42.3 Å². The number of amides is 5. The molecule has 4 heterocycles. The minimum absolute atomic E-state index is 0.00447. The molecule has 2 aromatic carbocycles. The van der Waals surface area contributed by atoms with Gasteiger partial charge in [-0.1, -0.05) is 30.0 Å². The molecule has 1 N–H and O–H groups in total. The molecule has 0 saturated heterocycles. The second kappa shape index (κ2) is 11.8. The molecule has 0 spiro atoms. The Labute approximate surface area is 259 Å². The van der Waals surface area contributed by atoms with Gasteiger partial charge in [0, 0.05) is 11.9 Å². The fourth-order valence-electron chi connectivity index (χ4n) is 4.63. The van der Waals surface area contributed by atoms with E-state index in [2.05, 4.69) is 10.5 Å². The molecule has 0 aliphatic carbocycles. The lowest BCUT2D eigenvalue weighted by Gasteiger charge is -2.24. The average Bonchev–Trinajstić information content (AvgIpc) is 3.80. The van der Waals surface area contributed by atoms with Crippen LogP contribution in [0.2, 0.25) is 0 Å². The molecular formula is C30H20N4O9SSi. The van der Waals surface area contributed by atoms with E-state index in [4.69, 9.17) is 13.6 Å². The maximum atomic E-state index is 13.6. The highest BCUT2D eigenvalue weighted by atomic mass is 32.2. The highest BCUT2D eigenvalue weighted by molar-refractivity contribution is 7.99. The standard InChI is InChI=1S/C30H20N4O9SSi/c1-16-24(28(38)33(2)29(39)45(16)30(40)43-17-8-4-3-5-9-17)32-31-18-12-13-20(44-21-11-7-15-42-21)23-22(18)26(36)34(27(23)37)25(35)19-10-6-14-41-19/h3-15,31H,1-2H3. The van der Waals surface area contributed by atoms with E-state index in [9.17, 15) is 28.8 Å². The molecule has 0 atom stereocenters. The third kappa shape index (κ3) is 5.23. The summed E-state index contributed by atoms with van der Waals surface area (Å²) in [5, 5.41) is 4.73. The molecule has 6 rings (SSSR count). The molecule has 0 saturated carbocycles. The van der Waals surface area contributed by atoms with Crippen LogP contribution in [0.3, 0.4) is 0 Å². The van der Waals surface area contributed by atoms with E-state index in [1.54, 1.807) is 42.5 Å². The number of para-hydroxylation sites is 1. The fraction of sp³-hybridized carbons (Fsp3) is 0.0667. The third-order valence-corrected chi connectivity index (χ3v) is 10.1. The van der Waals surface area contributed by atoms with Crippen LogP contribution in [0.1, 0.15) is 38.2 Å². The minimum atomic E-state index is -2.77. The molecule has 45 heavy (non-hydrogen) atoms. The molecule has 2 aliphatic rings. The Morgan fingerprint density at radius 3 is 2.27 bits per heavy atom. The van der Waals surface area contributed by atoms with Gasteiger partial charge in [-0.15, -0.1) is 0 Å². The summed E-state index contributed by atoms with van der Waals surface area (Å²) in [5.41, 5.74) is 0.633. The van der Waals surface area contributed by atoms with Crippen LogP contribution in [0.25, 0.3) is 0 Å². The number of benzene rings is 2. The summed E-state index contributed by atoms with van der Waals surface area (Å²) in [4.78, 5) is 81.2. The molecule has 224 valence electrons. The SMILES string of the molecule is CC1=[Si](C(=O)Oc2ccccc2)C(=O)N(C)C(=O)C1=NNc1ccc(Sc2ccco2)c2c1C(=O)N(C(=O)c1ccco1)C2=O. The van der Waals surface area contributed by atoms with E-state index >= 15 is 0 Å². The summed E-state index contributed by atoms with van der Waals surface area (Å²) in [6.45, 7) is 1.44. The minimum Gasteiger partial charge on any atom is -0.459 e. The highest BCUT2D eigenvalue weighted by Gasteiger charge is 2.45. The van der Waals surface area contributed by atoms with Crippen LogP contribution in [0.5, 0.6) is 5.75 Å². The van der Waals surface area contributed by atoms with Crippen molar-refractivity contribution in [2.24, 2.45) is 5.10 Å². The first-order chi connectivity index (χ1) is 21.7.